The summed E-state index contributed by atoms with van der Waals surface area (Å²) in [6.45, 7) is 13.5. The number of hydrogen-bond acceptors (Lipinski definition) is 4. The number of aryl methyl sites for hydroxylation is 1. The van der Waals surface area contributed by atoms with Crippen LogP contribution in [0.5, 0.6) is 0 Å². The van der Waals surface area contributed by atoms with Crippen LogP contribution in [0.25, 0.3) is 0 Å². The molecule has 4 heteroatoms. The van der Waals surface area contributed by atoms with E-state index in [1.165, 1.54) is 43.0 Å². The van der Waals surface area contributed by atoms with Gasteiger partial charge in [-0.1, -0.05) is 13.8 Å². The van der Waals surface area contributed by atoms with E-state index in [1.54, 1.807) is 11.3 Å². The second-order valence-corrected chi connectivity index (χ2v) is 6.07. The molecule has 110 valence electrons. The van der Waals surface area contributed by atoms with Gasteiger partial charge in [0.2, 0.25) is 0 Å². The summed E-state index contributed by atoms with van der Waals surface area (Å²) >= 11 is 1.77. The summed E-state index contributed by atoms with van der Waals surface area (Å²) in [7, 11) is 0. The lowest BCUT2D eigenvalue weighted by Crippen LogP contribution is -2.30. The molecule has 0 aromatic carbocycles. The van der Waals surface area contributed by atoms with Crippen molar-refractivity contribution in [3.63, 3.8) is 0 Å². The molecule has 0 saturated heterocycles. The van der Waals surface area contributed by atoms with Gasteiger partial charge < -0.3 is 10.2 Å². The zero-order valence-electron chi connectivity index (χ0n) is 12.9. The molecule has 1 unspecified atom stereocenters. The van der Waals surface area contributed by atoms with Gasteiger partial charge >= 0.3 is 0 Å². The first kappa shape index (κ1) is 16.6. The van der Waals surface area contributed by atoms with Crippen LogP contribution < -0.4 is 5.32 Å². The summed E-state index contributed by atoms with van der Waals surface area (Å²) in [6, 6.07) is 0.615. The summed E-state index contributed by atoms with van der Waals surface area (Å²) in [5, 5.41) is 3.62. The van der Waals surface area contributed by atoms with E-state index in [9.17, 15) is 0 Å². The van der Waals surface area contributed by atoms with Gasteiger partial charge in [0.1, 0.15) is 0 Å². The third kappa shape index (κ3) is 6.50. The van der Waals surface area contributed by atoms with E-state index < -0.39 is 0 Å². The first-order valence-electron chi connectivity index (χ1n) is 7.52. The molecule has 1 atom stereocenters. The Hall–Kier alpha value is -0.450. The molecule has 1 heterocycles. The molecule has 3 nitrogen and oxygen atoms in total. The summed E-state index contributed by atoms with van der Waals surface area (Å²) < 4.78 is 0. The van der Waals surface area contributed by atoms with Gasteiger partial charge in [0, 0.05) is 17.5 Å². The molecular formula is C15H29N3S. The van der Waals surface area contributed by atoms with Gasteiger partial charge in [-0.05, 0) is 52.7 Å². The van der Waals surface area contributed by atoms with Crippen molar-refractivity contribution < 1.29 is 0 Å². The molecule has 0 aliphatic carbocycles. The highest BCUT2D eigenvalue weighted by Crippen LogP contribution is 2.12. The fraction of sp³-hybridized carbons (Fsp3) is 0.800. The normalized spacial score (nSPS) is 13.1. The maximum absolute atomic E-state index is 4.29. The molecule has 0 aliphatic rings. The Morgan fingerprint density at radius 2 is 2.11 bits per heavy atom. The van der Waals surface area contributed by atoms with Crippen LogP contribution in [0.1, 0.15) is 44.2 Å². The van der Waals surface area contributed by atoms with Gasteiger partial charge in [-0.25, -0.2) is 4.98 Å². The molecule has 0 aliphatic heterocycles. The first-order chi connectivity index (χ1) is 9.17. The summed E-state index contributed by atoms with van der Waals surface area (Å²) in [5.41, 5.74) is 3.14. The van der Waals surface area contributed by atoms with Crippen LogP contribution in [0.15, 0.2) is 5.51 Å². The molecule has 1 rings (SSSR count). The predicted molar refractivity (Wildman–Crippen MR) is 85.0 cm³/mol. The number of thiazole rings is 1. The maximum Gasteiger partial charge on any atom is 0.0797 e. The van der Waals surface area contributed by atoms with E-state index in [4.69, 9.17) is 0 Å². The highest BCUT2D eigenvalue weighted by atomic mass is 32.1. The molecule has 1 aromatic heterocycles. The topological polar surface area (TPSA) is 28.2 Å². The van der Waals surface area contributed by atoms with Crippen molar-refractivity contribution in [2.24, 2.45) is 0 Å². The van der Waals surface area contributed by atoms with E-state index in [1.807, 2.05) is 5.51 Å². The Labute approximate surface area is 122 Å². The highest BCUT2D eigenvalue weighted by molar-refractivity contribution is 7.09. The van der Waals surface area contributed by atoms with Gasteiger partial charge in [0.05, 0.1) is 11.2 Å². The van der Waals surface area contributed by atoms with E-state index in [-0.39, 0.29) is 0 Å². The monoisotopic (exact) mass is 283 g/mol. The molecule has 1 aromatic rings. The molecule has 0 bridgehead atoms. The molecule has 0 spiro atoms. The Bertz CT molecular complexity index is 334. The summed E-state index contributed by atoms with van der Waals surface area (Å²) in [5.74, 6) is 0. The Morgan fingerprint density at radius 3 is 2.68 bits per heavy atom. The van der Waals surface area contributed by atoms with Gasteiger partial charge in [-0.2, -0.15) is 0 Å². The lowest BCUT2D eigenvalue weighted by atomic mass is 10.1. The van der Waals surface area contributed by atoms with Gasteiger partial charge in [-0.15, -0.1) is 11.3 Å². The molecule has 19 heavy (non-hydrogen) atoms. The van der Waals surface area contributed by atoms with Crippen molar-refractivity contribution in [3.8, 4) is 0 Å². The van der Waals surface area contributed by atoms with Crippen LogP contribution in [0.3, 0.4) is 0 Å². The number of rotatable bonds is 10. The van der Waals surface area contributed by atoms with Crippen molar-refractivity contribution >= 4 is 11.3 Å². The largest absolute Gasteiger partial charge is 0.314 e. The zero-order chi connectivity index (χ0) is 14.1. The average Bonchev–Trinajstić information content (AvgIpc) is 2.80. The summed E-state index contributed by atoms with van der Waals surface area (Å²) in [6.07, 6.45) is 3.66. The minimum absolute atomic E-state index is 0.615. The standard InChI is InChI=1S/C15H29N3S/c1-5-18(6-2)11-7-8-13(3)16-10-9-15-14(4)17-12-19-15/h12-13,16H,5-11H2,1-4H3. The van der Waals surface area contributed by atoms with Gasteiger partial charge in [-0.3, -0.25) is 0 Å². The van der Waals surface area contributed by atoms with Crippen LogP contribution in [0.4, 0.5) is 0 Å². The molecule has 0 radical (unpaired) electrons. The number of nitrogens with one attached hydrogen (secondary N) is 1. The zero-order valence-corrected chi connectivity index (χ0v) is 13.7. The third-order valence-corrected chi connectivity index (χ3v) is 4.69. The SMILES string of the molecule is CCN(CC)CCCC(C)NCCc1scnc1C. The van der Waals surface area contributed by atoms with Crippen LogP contribution >= 0.6 is 11.3 Å². The molecule has 0 fully saturated rings. The fourth-order valence-electron chi connectivity index (χ4n) is 2.26. The van der Waals surface area contributed by atoms with Crippen molar-refractivity contribution in [2.45, 2.75) is 53.0 Å². The second kappa shape index (κ2) is 9.45. The van der Waals surface area contributed by atoms with Crippen molar-refractivity contribution in [1.82, 2.24) is 15.2 Å². The fourth-order valence-corrected chi connectivity index (χ4v) is 3.04. The minimum Gasteiger partial charge on any atom is -0.314 e. The van der Waals surface area contributed by atoms with E-state index in [2.05, 4.69) is 42.9 Å². The lowest BCUT2D eigenvalue weighted by molar-refractivity contribution is 0.290. The van der Waals surface area contributed by atoms with E-state index in [0.717, 1.165) is 13.0 Å². The third-order valence-electron chi connectivity index (χ3n) is 3.70. The second-order valence-electron chi connectivity index (χ2n) is 5.14. The Kier molecular flexibility index (Phi) is 8.26. The van der Waals surface area contributed by atoms with Crippen LogP contribution in [0, 0.1) is 6.92 Å². The van der Waals surface area contributed by atoms with E-state index in [0.29, 0.717) is 6.04 Å². The number of nitrogens with zero attached hydrogens (tertiary/aromatic N) is 2. The molecular weight excluding hydrogens is 254 g/mol. The minimum atomic E-state index is 0.615. The smallest absolute Gasteiger partial charge is 0.0797 e. The van der Waals surface area contributed by atoms with Crippen LogP contribution in [-0.2, 0) is 6.42 Å². The number of hydrogen-bond donors (Lipinski definition) is 1. The van der Waals surface area contributed by atoms with Gasteiger partial charge in [0.25, 0.3) is 0 Å². The number of aromatic nitrogens is 1. The Morgan fingerprint density at radius 1 is 1.37 bits per heavy atom. The maximum atomic E-state index is 4.29. The molecule has 0 amide bonds. The Balaban J connectivity index is 2.08. The quantitative estimate of drug-likeness (QED) is 0.715. The summed E-state index contributed by atoms with van der Waals surface area (Å²) in [4.78, 5) is 8.20. The first-order valence-corrected chi connectivity index (χ1v) is 8.40. The predicted octanol–water partition coefficient (Wildman–Crippen LogP) is 3.09. The van der Waals surface area contributed by atoms with Crippen molar-refractivity contribution in [2.75, 3.05) is 26.2 Å². The van der Waals surface area contributed by atoms with Crippen molar-refractivity contribution in [3.05, 3.63) is 16.1 Å². The van der Waals surface area contributed by atoms with Crippen LogP contribution in [0.2, 0.25) is 0 Å². The van der Waals surface area contributed by atoms with Crippen LogP contribution in [-0.4, -0.2) is 42.1 Å². The lowest BCUT2D eigenvalue weighted by Gasteiger charge is -2.19. The highest BCUT2D eigenvalue weighted by Gasteiger charge is 2.05. The van der Waals surface area contributed by atoms with Gasteiger partial charge in [0.15, 0.2) is 0 Å². The van der Waals surface area contributed by atoms with E-state index >= 15 is 0 Å². The average molecular weight is 283 g/mol. The molecule has 0 saturated carbocycles. The van der Waals surface area contributed by atoms with Crippen molar-refractivity contribution in [1.29, 1.82) is 0 Å². The molecule has 1 N–H and O–H groups in total.